The van der Waals surface area contributed by atoms with Crippen molar-refractivity contribution in [1.82, 2.24) is 19.7 Å². The zero-order chi connectivity index (χ0) is 17.4. The molecule has 1 atom stereocenters. The maximum absolute atomic E-state index is 11.4. The third-order valence-electron chi connectivity index (χ3n) is 4.96. The molecule has 3 aromatic rings. The lowest BCUT2D eigenvalue weighted by Gasteiger charge is -2.14. The van der Waals surface area contributed by atoms with E-state index in [0.717, 1.165) is 28.0 Å². The fourth-order valence-corrected chi connectivity index (χ4v) is 3.45. The number of nitrogens with zero attached hydrogens (tertiary/aromatic N) is 3. The molecule has 4 rings (SSSR count). The van der Waals surface area contributed by atoms with Gasteiger partial charge in [-0.2, -0.15) is 5.10 Å². The Morgan fingerprint density at radius 3 is 3.00 bits per heavy atom. The smallest absolute Gasteiger partial charge is 0.241 e. The third-order valence-corrected chi connectivity index (χ3v) is 4.96. The number of nitrogens with two attached hydrogens (primary N) is 1. The number of rotatable bonds is 5. The number of fused-ring (bicyclic) bond motifs is 1. The summed E-state index contributed by atoms with van der Waals surface area (Å²) in [5.74, 6) is 0.465. The van der Waals surface area contributed by atoms with Gasteiger partial charge in [0.1, 0.15) is 17.5 Å². The molecule has 25 heavy (non-hydrogen) atoms. The summed E-state index contributed by atoms with van der Waals surface area (Å²) in [6, 6.07) is 4.08. The first-order chi connectivity index (χ1) is 12.1. The molecule has 4 N–H and O–H groups in total. The van der Waals surface area contributed by atoms with Crippen molar-refractivity contribution in [3.8, 4) is 11.1 Å². The first-order valence-electron chi connectivity index (χ1n) is 8.70. The van der Waals surface area contributed by atoms with Crippen LogP contribution in [0.2, 0.25) is 0 Å². The van der Waals surface area contributed by atoms with E-state index in [0.29, 0.717) is 6.04 Å². The van der Waals surface area contributed by atoms with Crippen molar-refractivity contribution in [2.45, 2.75) is 44.7 Å². The number of hydrogen-bond donors (Lipinski definition) is 3. The van der Waals surface area contributed by atoms with E-state index in [2.05, 4.69) is 26.4 Å². The summed E-state index contributed by atoms with van der Waals surface area (Å²) in [4.78, 5) is 19.3. The molecule has 0 aliphatic heterocycles. The Morgan fingerprint density at radius 1 is 1.44 bits per heavy atom. The standard InChI is InChI=1S/C18H22N6O/c1-11(17(19)25)24-10-12(9-21-24)15-8-16(22-13-4-2-3-5-13)23-18-14(15)6-7-20-18/h6-11,13H,2-5H2,1H3,(H2,19,25)(H2,20,22,23)/t11-/m0/s1. The molecule has 0 bridgehead atoms. The van der Waals surface area contributed by atoms with Crippen molar-refractivity contribution in [2.75, 3.05) is 5.32 Å². The fourth-order valence-electron chi connectivity index (χ4n) is 3.45. The summed E-state index contributed by atoms with van der Waals surface area (Å²) in [5, 5.41) is 8.88. The van der Waals surface area contributed by atoms with Crippen molar-refractivity contribution in [1.29, 1.82) is 0 Å². The van der Waals surface area contributed by atoms with Gasteiger partial charge in [0.15, 0.2) is 0 Å². The van der Waals surface area contributed by atoms with Gasteiger partial charge in [-0.25, -0.2) is 4.98 Å². The molecule has 1 saturated carbocycles. The molecule has 0 spiro atoms. The second kappa shape index (κ2) is 6.23. The number of aromatic amines is 1. The van der Waals surface area contributed by atoms with Crippen LogP contribution in [0.15, 0.2) is 30.7 Å². The van der Waals surface area contributed by atoms with E-state index < -0.39 is 11.9 Å². The molecule has 130 valence electrons. The Bertz CT molecular complexity index is 905. The average molecular weight is 338 g/mol. The second-order valence-corrected chi connectivity index (χ2v) is 6.71. The number of amides is 1. The van der Waals surface area contributed by atoms with Gasteiger partial charge in [-0.1, -0.05) is 12.8 Å². The molecule has 1 aliphatic rings. The SMILES string of the molecule is C[C@@H](C(N)=O)n1cc(-c2cc(NC3CCCC3)nc3[nH]ccc23)cn1. The maximum atomic E-state index is 11.4. The number of hydrogen-bond acceptors (Lipinski definition) is 4. The Labute approximate surface area is 145 Å². The van der Waals surface area contributed by atoms with Crippen molar-refractivity contribution in [2.24, 2.45) is 5.73 Å². The van der Waals surface area contributed by atoms with E-state index >= 15 is 0 Å². The van der Waals surface area contributed by atoms with E-state index in [1.165, 1.54) is 25.7 Å². The van der Waals surface area contributed by atoms with Gasteiger partial charge in [0.05, 0.1) is 6.20 Å². The monoisotopic (exact) mass is 338 g/mol. The van der Waals surface area contributed by atoms with Crippen molar-refractivity contribution in [3.05, 3.63) is 30.7 Å². The second-order valence-electron chi connectivity index (χ2n) is 6.71. The van der Waals surface area contributed by atoms with Gasteiger partial charge < -0.3 is 16.0 Å². The van der Waals surface area contributed by atoms with E-state index in [4.69, 9.17) is 5.73 Å². The van der Waals surface area contributed by atoms with Crippen molar-refractivity contribution < 1.29 is 4.79 Å². The van der Waals surface area contributed by atoms with E-state index in [1.807, 2.05) is 18.5 Å². The molecule has 7 heteroatoms. The van der Waals surface area contributed by atoms with Gasteiger partial charge >= 0.3 is 0 Å². The van der Waals surface area contributed by atoms with Crippen LogP contribution in [0, 0.1) is 0 Å². The largest absolute Gasteiger partial charge is 0.368 e. The molecule has 7 nitrogen and oxygen atoms in total. The highest BCUT2D eigenvalue weighted by molar-refractivity contribution is 5.94. The maximum Gasteiger partial charge on any atom is 0.241 e. The topological polar surface area (TPSA) is 102 Å². The quantitative estimate of drug-likeness (QED) is 0.665. The summed E-state index contributed by atoms with van der Waals surface area (Å²) in [5.41, 5.74) is 8.20. The van der Waals surface area contributed by atoms with Crippen LogP contribution < -0.4 is 11.1 Å². The lowest BCUT2D eigenvalue weighted by atomic mass is 10.1. The van der Waals surface area contributed by atoms with Gasteiger partial charge in [-0.15, -0.1) is 0 Å². The van der Waals surface area contributed by atoms with Gasteiger partial charge in [0.2, 0.25) is 5.91 Å². The van der Waals surface area contributed by atoms with Crippen molar-refractivity contribution in [3.63, 3.8) is 0 Å². The third kappa shape index (κ3) is 2.97. The van der Waals surface area contributed by atoms with Gasteiger partial charge in [0.25, 0.3) is 0 Å². The van der Waals surface area contributed by atoms with E-state index in [-0.39, 0.29) is 0 Å². The highest BCUT2D eigenvalue weighted by Gasteiger charge is 2.18. The summed E-state index contributed by atoms with van der Waals surface area (Å²) < 4.78 is 1.60. The molecule has 0 radical (unpaired) electrons. The molecule has 0 aromatic carbocycles. The zero-order valence-electron chi connectivity index (χ0n) is 14.2. The zero-order valence-corrected chi connectivity index (χ0v) is 14.2. The van der Waals surface area contributed by atoms with Crippen LogP contribution in [-0.2, 0) is 4.79 Å². The van der Waals surface area contributed by atoms with Crippen molar-refractivity contribution >= 4 is 22.8 Å². The highest BCUT2D eigenvalue weighted by atomic mass is 16.1. The molecule has 1 amide bonds. The number of primary amides is 1. The number of nitrogens with one attached hydrogen (secondary N) is 2. The number of H-pyrrole nitrogens is 1. The molecular formula is C18H22N6O. The predicted molar refractivity (Wildman–Crippen MR) is 97.1 cm³/mol. The van der Waals surface area contributed by atoms with Crippen LogP contribution in [0.1, 0.15) is 38.6 Å². The van der Waals surface area contributed by atoms with Crippen LogP contribution in [0.4, 0.5) is 5.82 Å². The minimum absolute atomic E-state index is 0.403. The highest BCUT2D eigenvalue weighted by Crippen LogP contribution is 2.31. The Balaban J connectivity index is 1.72. The van der Waals surface area contributed by atoms with Crippen LogP contribution in [0.5, 0.6) is 0 Å². The Kier molecular flexibility index (Phi) is 3.91. The first kappa shape index (κ1) is 15.7. The number of carbonyl (C=O) groups excluding carboxylic acids is 1. The molecule has 3 heterocycles. The summed E-state index contributed by atoms with van der Waals surface area (Å²) >= 11 is 0. The van der Waals surface area contributed by atoms with Gasteiger partial charge in [-0.05, 0) is 37.5 Å². The molecule has 1 fully saturated rings. The van der Waals surface area contributed by atoms with E-state index in [1.54, 1.807) is 17.8 Å². The Morgan fingerprint density at radius 2 is 2.24 bits per heavy atom. The number of pyridine rings is 1. The average Bonchev–Trinajstić information content (AvgIpc) is 3.34. The minimum Gasteiger partial charge on any atom is -0.368 e. The van der Waals surface area contributed by atoms with Crippen LogP contribution in [0.3, 0.4) is 0 Å². The number of anilines is 1. The normalized spacial score (nSPS) is 16.4. The lowest BCUT2D eigenvalue weighted by Crippen LogP contribution is -2.24. The van der Waals surface area contributed by atoms with Crippen LogP contribution >= 0.6 is 0 Å². The fraction of sp³-hybridized carbons (Fsp3) is 0.389. The molecule has 0 saturated heterocycles. The molecule has 3 aromatic heterocycles. The molecular weight excluding hydrogens is 316 g/mol. The molecule has 0 unspecified atom stereocenters. The first-order valence-corrected chi connectivity index (χ1v) is 8.70. The van der Waals surface area contributed by atoms with Gasteiger partial charge in [-0.3, -0.25) is 9.48 Å². The minimum atomic E-state index is -0.478. The van der Waals surface area contributed by atoms with E-state index in [9.17, 15) is 4.79 Å². The number of aromatic nitrogens is 4. The van der Waals surface area contributed by atoms with Crippen LogP contribution in [-0.4, -0.2) is 31.7 Å². The lowest BCUT2D eigenvalue weighted by molar-refractivity contribution is -0.120. The summed E-state index contributed by atoms with van der Waals surface area (Å²) in [7, 11) is 0. The predicted octanol–water partition coefficient (Wildman–Crippen LogP) is 2.83. The number of carbonyl (C=O) groups is 1. The van der Waals surface area contributed by atoms with Crippen LogP contribution in [0.25, 0.3) is 22.2 Å². The summed E-state index contributed by atoms with van der Waals surface area (Å²) in [6.45, 7) is 1.74. The Hall–Kier alpha value is -2.83. The van der Waals surface area contributed by atoms with Gasteiger partial charge in [0, 0.05) is 29.4 Å². The summed E-state index contributed by atoms with van der Waals surface area (Å²) in [6.07, 6.45) is 10.4. The molecule has 1 aliphatic carbocycles.